The van der Waals surface area contributed by atoms with Crippen LogP contribution >= 0.6 is 28.6 Å². The molecule has 98 valence electrons. The van der Waals surface area contributed by atoms with Crippen molar-refractivity contribution in [2.24, 2.45) is 0 Å². The Morgan fingerprint density at radius 2 is 2.00 bits per heavy atom. The number of halogens is 2. The molecule has 2 aromatic rings. The maximum Gasteiger partial charge on any atom is 0.258 e. The van der Waals surface area contributed by atoms with Gasteiger partial charge in [-0.2, -0.15) is 0 Å². The summed E-state index contributed by atoms with van der Waals surface area (Å²) < 4.78 is 14.4. The van der Waals surface area contributed by atoms with Crippen LogP contribution in [0.15, 0.2) is 45.8 Å². The molecule has 0 radical (unpaired) electrons. The van der Waals surface area contributed by atoms with Crippen LogP contribution in [0.25, 0.3) is 0 Å². The minimum atomic E-state index is -0.568. The number of thiol groups is 1. The molecule has 2 nitrogen and oxygen atoms in total. The van der Waals surface area contributed by atoms with Crippen molar-refractivity contribution in [1.29, 1.82) is 0 Å². The van der Waals surface area contributed by atoms with Crippen LogP contribution in [-0.2, 0) is 0 Å². The van der Waals surface area contributed by atoms with E-state index in [1.54, 1.807) is 12.1 Å². The number of benzene rings is 2. The molecule has 0 aliphatic carbocycles. The number of rotatable bonds is 2. The van der Waals surface area contributed by atoms with Crippen molar-refractivity contribution in [3.8, 4) is 0 Å². The van der Waals surface area contributed by atoms with E-state index < -0.39 is 11.7 Å². The van der Waals surface area contributed by atoms with E-state index in [1.807, 2.05) is 13.0 Å². The van der Waals surface area contributed by atoms with Gasteiger partial charge in [0.25, 0.3) is 5.91 Å². The molecule has 5 heteroatoms. The zero-order valence-electron chi connectivity index (χ0n) is 10.1. The van der Waals surface area contributed by atoms with Crippen LogP contribution in [0.1, 0.15) is 15.9 Å². The maximum absolute atomic E-state index is 13.6. The van der Waals surface area contributed by atoms with Crippen LogP contribution in [0.2, 0.25) is 0 Å². The van der Waals surface area contributed by atoms with Gasteiger partial charge in [-0.15, -0.1) is 12.6 Å². The molecule has 1 N–H and O–H groups in total. The van der Waals surface area contributed by atoms with Crippen molar-refractivity contribution in [1.82, 2.24) is 0 Å². The molecule has 0 spiro atoms. The van der Waals surface area contributed by atoms with Crippen LogP contribution < -0.4 is 5.32 Å². The summed E-state index contributed by atoms with van der Waals surface area (Å²) in [6.45, 7) is 1.94. The molecular weight excluding hydrogens is 329 g/mol. The first-order valence-electron chi connectivity index (χ1n) is 5.53. The number of hydrogen-bond acceptors (Lipinski definition) is 2. The molecule has 0 bridgehead atoms. The summed E-state index contributed by atoms with van der Waals surface area (Å²) in [7, 11) is 0. The van der Waals surface area contributed by atoms with Gasteiger partial charge < -0.3 is 5.32 Å². The molecule has 0 aromatic heterocycles. The average molecular weight is 340 g/mol. The Labute approximate surface area is 124 Å². The lowest BCUT2D eigenvalue weighted by atomic mass is 10.2. The van der Waals surface area contributed by atoms with Crippen molar-refractivity contribution in [3.63, 3.8) is 0 Å². The SMILES string of the molecule is Cc1ccc(NC(=O)c2cc(S)ccc2F)cc1Br. The molecule has 0 unspecified atom stereocenters. The van der Waals surface area contributed by atoms with Crippen molar-refractivity contribution >= 4 is 40.2 Å². The van der Waals surface area contributed by atoms with E-state index in [4.69, 9.17) is 0 Å². The van der Waals surface area contributed by atoms with Gasteiger partial charge in [-0.3, -0.25) is 4.79 Å². The predicted molar refractivity (Wildman–Crippen MR) is 80.5 cm³/mol. The average Bonchev–Trinajstić information content (AvgIpc) is 2.36. The Balaban J connectivity index is 2.25. The summed E-state index contributed by atoms with van der Waals surface area (Å²) in [4.78, 5) is 12.5. The summed E-state index contributed by atoms with van der Waals surface area (Å²) in [5.41, 5.74) is 1.64. The highest BCUT2D eigenvalue weighted by Gasteiger charge is 2.12. The van der Waals surface area contributed by atoms with E-state index >= 15 is 0 Å². The lowest BCUT2D eigenvalue weighted by Crippen LogP contribution is -2.13. The third-order valence-electron chi connectivity index (χ3n) is 2.62. The molecule has 19 heavy (non-hydrogen) atoms. The molecule has 0 aliphatic rings. The summed E-state index contributed by atoms with van der Waals surface area (Å²) in [5.74, 6) is -1.06. The molecule has 2 aromatic carbocycles. The second-order valence-corrected chi connectivity index (χ2v) is 5.45. The fourth-order valence-corrected chi connectivity index (χ4v) is 2.14. The van der Waals surface area contributed by atoms with Gasteiger partial charge in [0.15, 0.2) is 0 Å². The fraction of sp³-hybridized carbons (Fsp3) is 0.0714. The minimum absolute atomic E-state index is 0.0239. The van der Waals surface area contributed by atoms with E-state index in [1.165, 1.54) is 18.2 Å². The van der Waals surface area contributed by atoms with Crippen LogP contribution in [0.4, 0.5) is 10.1 Å². The zero-order valence-corrected chi connectivity index (χ0v) is 12.6. The largest absolute Gasteiger partial charge is 0.322 e. The highest BCUT2D eigenvalue weighted by molar-refractivity contribution is 9.10. The number of carbonyl (C=O) groups excluding carboxylic acids is 1. The first-order valence-corrected chi connectivity index (χ1v) is 6.77. The predicted octanol–water partition coefficient (Wildman–Crippen LogP) is 4.44. The van der Waals surface area contributed by atoms with Gasteiger partial charge in [-0.25, -0.2) is 4.39 Å². The number of carbonyl (C=O) groups is 1. The van der Waals surface area contributed by atoms with Gasteiger partial charge in [0.05, 0.1) is 5.56 Å². The van der Waals surface area contributed by atoms with E-state index in [0.29, 0.717) is 10.6 Å². The Bertz CT molecular complexity index is 645. The summed E-state index contributed by atoms with van der Waals surface area (Å²) in [5, 5.41) is 2.65. The third kappa shape index (κ3) is 3.36. The molecule has 2 rings (SSSR count). The monoisotopic (exact) mass is 339 g/mol. The number of nitrogens with one attached hydrogen (secondary N) is 1. The van der Waals surface area contributed by atoms with Gasteiger partial charge >= 0.3 is 0 Å². The Morgan fingerprint density at radius 1 is 1.26 bits per heavy atom. The van der Waals surface area contributed by atoms with Crippen molar-refractivity contribution in [3.05, 3.63) is 57.8 Å². The van der Waals surface area contributed by atoms with E-state index in [2.05, 4.69) is 33.9 Å². The fourth-order valence-electron chi connectivity index (χ4n) is 1.56. The molecule has 0 aliphatic heterocycles. The topological polar surface area (TPSA) is 29.1 Å². The first kappa shape index (κ1) is 14.1. The van der Waals surface area contributed by atoms with E-state index in [-0.39, 0.29) is 5.56 Å². The van der Waals surface area contributed by atoms with E-state index in [9.17, 15) is 9.18 Å². The first-order chi connectivity index (χ1) is 8.97. The van der Waals surface area contributed by atoms with Gasteiger partial charge in [-0.1, -0.05) is 22.0 Å². The summed E-state index contributed by atoms with van der Waals surface area (Å²) in [6.07, 6.45) is 0. The van der Waals surface area contributed by atoms with Crippen molar-refractivity contribution in [2.75, 3.05) is 5.32 Å². The minimum Gasteiger partial charge on any atom is -0.322 e. The smallest absolute Gasteiger partial charge is 0.258 e. The normalized spacial score (nSPS) is 10.3. The molecule has 1 amide bonds. The van der Waals surface area contributed by atoms with Crippen LogP contribution in [-0.4, -0.2) is 5.91 Å². The standard InChI is InChI=1S/C14H11BrFNOS/c1-8-2-3-9(6-12(8)15)17-14(18)11-7-10(19)4-5-13(11)16/h2-7,19H,1H3,(H,17,18). The Hall–Kier alpha value is -1.33. The van der Waals surface area contributed by atoms with Gasteiger partial charge in [0.2, 0.25) is 0 Å². The zero-order chi connectivity index (χ0) is 14.0. The molecule has 0 saturated heterocycles. The Morgan fingerprint density at radius 3 is 2.68 bits per heavy atom. The molecule has 0 atom stereocenters. The van der Waals surface area contributed by atoms with Gasteiger partial charge in [0, 0.05) is 15.1 Å². The van der Waals surface area contributed by atoms with Crippen LogP contribution in [0, 0.1) is 12.7 Å². The van der Waals surface area contributed by atoms with Crippen molar-refractivity contribution in [2.45, 2.75) is 11.8 Å². The van der Waals surface area contributed by atoms with Gasteiger partial charge in [-0.05, 0) is 42.8 Å². The number of amides is 1. The lowest BCUT2D eigenvalue weighted by Gasteiger charge is -2.08. The summed E-state index contributed by atoms with van der Waals surface area (Å²) >= 11 is 7.48. The molecule has 0 heterocycles. The second kappa shape index (κ2) is 5.75. The van der Waals surface area contributed by atoms with Crippen LogP contribution in [0.3, 0.4) is 0 Å². The van der Waals surface area contributed by atoms with Crippen LogP contribution in [0.5, 0.6) is 0 Å². The molecule has 0 saturated carbocycles. The molecule has 0 fully saturated rings. The Kier molecular flexibility index (Phi) is 4.27. The maximum atomic E-state index is 13.6. The molecular formula is C14H11BrFNOS. The number of aryl methyl sites for hydroxylation is 1. The third-order valence-corrected chi connectivity index (χ3v) is 3.76. The van der Waals surface area contributed by atoms with Gasteiger partial charge in [0.1, 0.15) is 5.82 Å². The quantitative estimate of drug-likeness (QED) is 0.778. The highest BCUT2D eigenvalue weighted by atomic mass is 79.9. The number of hydrogen-bond donors (Lipinski definition) is 2. The van der Waals surface area contributed by atoms with Crippen molar-refractivity contribution < 1.29 is 9.18 Å². The summed E-state index contributed by atoms with van der Waals surface area (Å²) in [6, 6.07) is 9.53. The van der Waals surface area contributed by atoms with E-state index in [0.717, 1.165) is 10.0 Å². The second-order valence-electron chi connectivity index (χ2n) is 4.08. The highest BCUT2D eigenvalue weighted by Crippen LogP contribution is 2.22. The lowest BCUT2D eigenvalue weighted by molar-refractivity contribution is 0.102. The number of anilines is 1.